The van der Waals surface area contributed by atoms with Crippen LogP contribution in [0, 0.1) is 0 Å². The van der Waals surface area contributed by atoms with E-state index in [1.807, 2.05) is 0 Å². The molecule has 134 valence electrons. The van der Waals surface area contributed by atoms with Crippen LogP contribution in [-0.4, -0.2) is 33.3 Å². The first-order valence-electron chi connectivity index (χ1n) is 9.33. The number of hydrogen-bond acceptors (Lipinski definition) is 1. The third-order valence-corrected chi connectivity index (χ3v) is 19.9. The molecule has 26 heavy (non-hydrogen) atoms. The molecule has 0 aliphatic carbocycles. The summed E-state index contributed by atoms with van der Waals surface area (Å²) in [5, 5.41) is 0. The summed E-state index contributed by atoms with van der Waals surface area (Å²) in [6.45, 7) is 7.68. The van der Waals surface area contributed by atoms with Crippen LogP contribution in [0.3, 0.4) is 0 Å². The Bertz CT molecular complexity index is 701. The second-order valence-electron chi connectivity index (χ2n) is 7.71. The van der Waals surface area contributed by atoms with Gasteiger partial charge in [0.15, 0.2) is 0 Å². The Morgan fingerprint density at radius 3 is 1.27 bits per heavy atom. The van der Waals surface area contributed by atoms with Crippen LogP contribution in [-0.2, 0) is 4.43 Å². The van der Waals surface area contributed by atoms with Gasteiger partial charge in [0.05, 0.1) is 0 Å². The van der Waals surface area contributed by atoms with Gasteiger partial charge in [-0.05, 0) is 0 Å². The molecule has 0 spiro atoms. The van der Waals surface area contributed by atoms with Gasteiger partial charge in [-0.1, -0.05) is 0 Å². The fourth-order valence-electron chi connectivity index (χ4n) is 3.61. The second kappa shape index (κ2) is 8.55. The molecule has 0 aromatic heterocycles. The van der Waals surface area contributed by atoms with E-state index in [-0.39, 0.29) is 0 Å². The normalized spacial score (nSPS) is 12.1. The molecule has 0 aliphatic heterocycles. The Hall–Kier alpha value is -1.36. The van der Waals surface area contributed by atoms with Crippen LogP contribution in [0.1, 0.15) is 0 Å². The van der Waals surface area contributed by atoms with Crippen LogP contribution in [0.15, 0.2) is 91.0 Å². The average molecular weight is 467 g/mol. The summed E-state index contributed by atoms with van der Waals surface area (Å²) in [5.74, 6) is 0. The van der Waals surface area contributed by atoms with Gasteiger partial charge in [0.1, 0.15) is 0 Å². The van der Waals surface area contributed by atoms with Crippen molar-refractivity contribution in [2.75, 3.05) is 6.61 Å². The molecule has 0 unspecified atom stereocenters. The topological polar surface area (TPSA) is 9.23 Å². The molecular formula is C23H28OSiSn. The van der Waals surface area contributed by atoms with Crippen molar-refractivity contribution in [2.24, 2.45) is 0 Å². The Morgan fingerprint density at radius 2 is 0.962 bits per heavy atom. The van der Waals surface area contributed by atoms with Gasteiger partial charge in [0.2, 0.25) is 0 Å². The molecule has 3 aromatic carbocycles. The van der Waals surface area contributed by atoms with Gasteiger partial charge in [-0.25, -0.2) is 0 Å². The van der Waals surface area contributed by atoms with E-state index in [9.17, 15) is 0 Å². The molecule has 0 atom stereocenters. The molecule has 0 radical (unpaired) electrons. The monoisotopic (exact) mass is 468 g/mol. The first-order chi connectivity index (χ1) is 12.5. The molecule has 0 saturated heterocycles. The van der Waals surface area contributed by atoms with Crippen molar-refractivity contribution in [1.82, 2.24) is 0 Å². The molecule has 3 aromatic rings. The average Bonchev–Trinajstić information content (AvgIpc) is 2.67. The van der Waals surface area contributed by atoms with Crippen molar-refractivity contribution in [3.8, 4) is 0 Å². The molecule has 0 amide bonds. The summed E-state index contributed by atoms with van der Waals surface area (Å²) in [5.41, 5.74) is 0. The van der Waals surface area contributed by atoms with Gasteiger partial charge in [0.25, 0.3) is 0 Å². The second-order valence-corrected chi connectivity index (χ2v) is 23.8. The minimum atomic E-state index is -3.11. The van der Waals surface area contributed by atoms with Crippen LogP contribution < -0.4 is 10.7 Å². The molecule has 0 bridgehead atoms. The van der Waals surface area contributed by atoms with E-state index in [1.54, 1.807) is 0 Å². The number of hydrogen-bond donors (Lipinski definition) is 0. The fraction of sp³-hybridized carbons (Fsp3) is 0.217. The van der Waals surface area contributed by atoms with Crippen molar-refractivity contribution in [1.29, 1.82) is 0 Å². The Labute approximate surface area is 163 Å². The maximum atomic E-state index is 6.34. The third kappa shape index (κ3) is 4.48. The Morgan fingerprint density at radius 1 is 0.615 bits per heavy atom. The van der Waals surface area contributed by atoms with Crippen LogP contribution in [0.5, 0.6) is 0 Å². The summed E-state index contributed by atoms with van der Waals surface area (Å²) in [6, 6.07) is 33.5. The van der Waals surface area contributed by atoms with E-state index < -0.39 is 26.7 Å². The first kappa shape index (κ1) is 19.4. The zero-order valence-electron chi connectivity index (χ0n) is 16.0. The van der Waals surface area contributed by atoms with E-state index in [2.05, 4.69) is 111 Å². The predicted molar refractivity (Wildman–Crippen MR) is 118 cm³/mol. The van der Waals surface area contributed by atoms with Crippen LogP contribution in [0.2, 0.25) is 24.1 Å². The zero-order valence-corrected chi connectivity index (χ0v) is 19.8. The van der Waals surface area contributed by atoms with Crippen molar-refractivity contribution in [3.05, 3.63) is 91.0 Å². The van der Waals surface area contributed by atoms with Crippen molar-refractivity contribution >= 4 is 37.4 Å². The Kier molecular flexibility index (Phi) is 6.38. The van der Waals surface area contributed by atoms with E-state index in [4.69, 9.17) is 4.43 Å². The first-order valence-corrected chi connectivity index (χ1v) is 19.0. The van der Waals surface area contributed by atoms with E-state index in [1.165, 1.54) is 10.7 Å². The predicted octanol–water partition coefficient (Wildman–Crippen LogP) is 4.01. The maximum absolute atomic E-state index is 6.34. The zero-order chi connectivity index (χ0) is 18.5. The minimum absolute atomic E-state index is 0.852. The summed E-state index contributed by atoms with van der Waals surface area (Å²) in [6.07, 6.45) is 0. The SMILES string of the molecule is C[Si](C)(C)OC[CH2][Sn]([c]1ccccc1)([c]1ccccc1)[c]1ccccc1. The standard InChI is InChI=1S/3C6H5.C5H13OSi.Sn/c3*1-2-4-6-5-3-1;1-5-6-7(2,3)4;/h3*1-5H;1,5H2,2-4H3;. The fourth-order valence-corrected chi connectivity index (χ4v) is 17.9. The molecule has 0 heterocycles. The number of benzene rings is 3. The van der Waals surface area contributed by atoms with Crippen molar-refractivity contribution < 1.29 is 4.43 Å². The Balaban J connectivity index is 2.15. The quantitative estimate of drug-likeness (QED) is 0.478. The summed E-state index contributed by atoms with van der Waals surface area (Å²) in [7, 11) is -1.53. The number of rotatable bonds is 7. The molecule has 0 fully saturated rings. The molecule has 1 nitrogen and oxygen atoms in total. The molecule has 0 N–H and O–H groups in total. The molecule has 0 aliphatic rings. The third-order valence-electron chi connectivity index (χ3n) is 4.81. The van der Waals surface area contributed by atoms with Gasteiger partial charge in [0, 0.05) is 0 Å². The van der Waals surface area contributed by atoms with Crippen molar-refractivity contribution in [2.45, 2.75) is 24.1 Å². The molecule has 3 rings (SSSR count). The van der Waals surface area contributed by atoms with Crippen LogP contribution in [0.4, 0.5) is 0 Å². The summed E-state index contributed by atoms with van der Waals surface area (Å²) >= 11 is -3.11. The van der Waals surface area contributed by atoms with Crippen LogP contribution in [0.25, 0.3) is 0 Å². The van der Waals surface area contributed by atoms with E-state index in [0.29, 0.717) is 0 Å². The van der Waals surface area contributed by atoms with Gasteiger partial charge in [-0.15, -0.1) is 0 Å². The van der Waals surface area contributed by atoms with Gasteiger partial charge < -0.3 is 0 Å². The van der Waals surface area contributed by atoms with E-state index >= 15 is 0 Å². The van der Waals surface area contributed by atoms with Crippen LogP contribution >= 0.6 is 0 Å². The van der Waals surface area contributed by atoms with Gasteiger partial charge in [-0.2, -0.15) is 0 Å². The van der Waals surface area contributed by atoms with E-state index in [0.717, 1.165) is 11.0 Å². The molecule has 0 saturated carbocycles. The summed E-state index contributed by atoms with van der Waals surface area (Å²) < 4.78 is 12.1. The molecular weight excluding hydrogens is 439 g/mol. The summed E-state index contributed by atoms with van der Waals surface area (Å²) in [4.78, 5) is 0. The van der Waals surface area contributed by atoms with Crippen molar-refractivity contribution in [3.63, 3.8) is 0 Å². The molecule has 3 heteroatoms. The van der Waals surface area contributed by atoms with Gasteiger partial charge in [-0.3, -0.25) is 0 Å². The van der Waals surface area contributed by atoms with Gasteiger partial charge >= 0.3 is 164 Å².